The highest BCUT2D eigenvalue weighted by Gasteiger charge is 2.37. The zero-order valence-electron chi connectivity index (χ0n) is 13.9. The molecule has 7 nitrogen and oxygen atoms in total. The number of rotatable bonds is 1. The molecule has 0 aromatic rings. The molecule has 1 aliphatic rings. The number of alkyl halides is 1. The maximum absolute atomic E-state index is 12.3. The average Bonchev–Trinajstić information content (AvgIpc) is 2.66. The minimum Gasteiger partial charge on any atom is -0.444 e. The third kappa shape index (κ3) is 5.71. The molecule has 22 heavy (non-hydrogen) atoms. The van der Waals surface area contributed by atoms with Gasteiger partial charge in [0.2, 0.25) is 5.96 Å². The van der Waals surface area contributed by atoms with Gasteiger partial charge in [-0.25, -0.2) is 19.5 Å². The number of carbonyl (C=O) groups is 2. The number of ether oxygens (including phenoxy) is 2. The Morgan fingerprint density at radius 1 is 1.23 bits per heavy atom. The van der Waals surface area contributed by atoms with E-state index in [-0.39, 0.29) is 17.9 Å². The average molecular weight is 334 g/mol. The van der Waals surface area contributed by atoms with E-state index in [4.69, 9.17) is 21.1 Å². The minimum atomic E-state index is -0.685. The molecule has 0 bridgehead atoms. The lowest BCUT2D eigenvalue weighted by molar-refractivity contribution is 0.0334. The molecule has 0 aliphatic carbocycles. The summed E-state index contributed by atoms with van der Waals surface area (Å²) in [5.41, 5.74) is -1.31. The van der Waals surface area contributed by atoms with Crippen LogP contribution < -0.4 is 5.32 Å². The topological polar surface area (TPSA) is 80.2 Å². The van der Waals surface area contributed by atoms with Gasteiger partial charge in [0.15, 0.2) is 0 Å². The summed E-state index contributed by atoms with van der Waals surface area (Å²) in [6.07, 6.45) is -1.29. The third-order valence-corrected chi connectivity index (χ3v) is 2.78. The molecule has 0 fully saturated rings. The lowest BCUT2D eigenvalue weighted by Crippen LogP contribution is -2.51. The van der Waals surface area contributed by atoms with Crippen LogP contribution in [0.2, 0.25) is 0 Å². The van der Waals surface area contributed by atoms with E-state index in [2.05, 4.69) is 10.3 Å². The van der Waals surface area contributed by atoms with Crippen molar-refractivity contribution in [2.45, 2.75) is 58.8 Å². The van der Waals surface area contributed by atoms with Crippen LogP contribution in [-0.2, 0) is 9.47 Å². The second-order valence-electron chi connectivity index (χ2n) is 6.95. The molecule has 126 valence electrons. The molecule has 1 aliphatic heterocycles. The number of aliphatic imine (C=N–C) groups is 1. The van der Waals surface area contributed by atoms with Crippen molar-refractivity contribution in [2.24, 2.45) is 4.99 Å². The van der Waals surface area contributed by atoms with Crippen LogP contribution >= 0.6 is 11.6 Å². The van der Waals surface area contributed by atoms with Gasteiger partial charge in [0, 0.05) is 5.88 Å². The number of guanidine groups is 1. The summed E-state index contributed by atoms with van der Waals surface area (Å²) < 4.78 is 10.5. The zero-order chi connectivity index (χ0) is 17.1. The van der Waals surface area contributed by atoms with Crippen molar-refractivity contribution < 1.29 is 19.1 Å². The summed E-state index contributed by atoms with van der Waals surface area (Å²) in [6.45, 7) is 10.8. The maximum atomic E-state index is 12.3. The molecule has 0 radical (unpaired) electrons. The van der Waals surface area contributed by atoms with Gasteiger partial charge in [-0.3, -0.25) is 5.32 Å². The number of alkyl carbamates (subject to hydrolysis) is 1. The van der Waals surface area contributed by atoms with E-state index in [0.717, 1.165) is 0 Å². The molecule has 0 saturated heterocycles. The summed E-state index contributed by atoms with van der Waals surface area (Å²) in [4.78, 5) is 29.5. The maximum Gasteiger partial charge on any atom is 0.417 e. The fourth-order valence-corrected chi connectivity index (χ4v) is 1.92. The van der Waals surface area contributed by atoms with Crippen molar-refractivity contribution in [3.63, 3.8) is 0 Å². The second kappa shape index (κ2) is 6.73. The fraction of sp³-hybridized carbons (Fsp3) is 0.786. The Morgan fingerprint density at radius 3 is 2.23 bits per heavy atom. The molecule has 0 aromatic heterocycles. The molecule has 0 aromatic carbocycles. The van der Waals surface area contributed by atoms with Gasteiger partial charge in [0.25, 0.3) is 0 Å². The van der Waals surface area contributed by atoms with Gasteiger partial charge in [0.1, 0.15) is 11.2 Å². The summed E-state index contributed by atoms with van der Waals surface area (Å²) >= 11 is 5.86. The van der Waals surface area contributed by atoms with Gasteiger partial charge < -0.3 is 9.47 Å². The standard InChI is InChI=1S/C14H24ClN3O4/c1-13(2,3)21-11(19)17-10-16-8-9(7-15)18(10)12(20)22-14(4,5)6/h9H,7-8H2,1-6H3,(H,16,17,19). The number of halogens is 1. The first-order chi connectivity index (χ1) is 9.93. The van der Waals surface area contributed by atoms with Gasteiger partial charge in [-0.2, -0.15) is 0 Å². The molecule has 1 heterocycles. The van der Waals surface area contributed by atoms with Crippen molar-refractivity contribution >= 4 is 29.7 Å². The Bertz CT molecular complexity index is 466. The van der Waals surface area contributed by atoms with Crippen molar-refractivity contribution in [2.75, 3.05) is 12.4 Å². The SMILES string of the molecule is CC(C)(C)OC(=O)NC1=NCC(CCl)N1C(=O)OC(C)(C)C. The van der Waals surface area contributed by atoms with E-state index in [1.807, 2.05) is 0 Å². The number of carbonyl (C=O) groups excluding carboxylic acids is 2. The zero-order valence-corrected chi connectivity index (χ0v) is 14.7. The molecule has 2 amide bonds. The second-order valence-corrected chi connectivity index (χ2v) is 7.26. The molecule has 0 saturated carbocycles. The van der Waals surface area contributed by atoms with Crippen LogP contribution in [0.4, 0.5) is 9.59 Å². The van der Waals surface area contributed by atoms with Gasteiger partial charge in [-0.1, -0.05) is 0 Å². The van der Waals surface area contributed by atoms with E-state index in [0.29, 0.717) is 6.54 Å². The van der Waals surface area contributed by atoms with Crippen LogP contribution in [0.15, 0.2) is 4.99 Å². The van der Waals surface area contributed by atoms with E-state index < -0.39 is 23.4 Å². The van der Waals surface area contributed by atoms with Gasteiger partial charge in [-0.15, -0.1) is 11.6 Å². The van der Waals surface area contributed by atoms with Gasteiger partial charge in [-0.05, 0) is 41.5 Å². The van der Waals surface area contributed by atoms with Crippen LogP contribution in [0.25, 0.3) is 0 Å². The molecule has 0 spiro atoms. The van der Waals surface area contributed by atoms with E-state index in [9.17, 15) is 9.59 Å². The van der Waals surface area contributed by atoms with Crippen molar-refractivity contribution in [3.8, 4) is 0 Å². The van der Waals surface area contributed by atoms with Gasteiger partial charge >= 0.3 is 12.2 Å². The minimum absolute atomic E-state index is 0.0918. The number of nitrogens with zero attached hydrogens (tertiary/aromatic N) is 2. The highest BCUT2D eigenvalue weighted by atomic mass is 35.5. The number of amides is 2. The molecular weight excluding hydrogens is 310 g/mol. The van der Waals surface area contributed by atoms with Crippen LogP contribution in [0.1, 0.15) is 41.5 Å². The smallest absolute Gasteiger partial charge is 0.417 e. The Kier molecular flexibility index (Phi) is 5.67. The van der Waals surface area contributed by atoms with Crippen LogP contribution in [-0.4, -0.2) is 52.7 Å². The van der Waals surface area contributed by atoms with E-state index in [1.54, 1.807) is 41.5 Å². The molecule has 1 N–H and O–H groups in total. The van der Waals surface area contributed by atoms with Crippen LogP contribution in [0.5, 0.6) is 0 Å². The van der Waals surface area contributed by atoms with E-state index in [1.165, 1.54) is 4.90 Å². The van der Waals surface area contributed by atoms with Crippen molar-refractivity contribution in [3.05, 3.63) is 0 Å². The molecule has 1 atom stereocenters. The number of hydrogen-bond donors (Lipinski definition) is 1. The predicted octanol–water partition coefficient (Wildman–Crippen LogP) is 2.73. The summed E-state index contributed by atoms with van der Waals surface area (Å²) in [6, 6.07) is -0.360. The first-order valence-electron chi connectivity index (χ1n) is 7.05. The third-order valence-electron chi connectivity index (χ3n) is 2.43. The van der Waals surface area contributed by atoms with E-state index >= 15 is 0 Å². The number of hydrogen-bond acceptors (Lipinski definition) is 5. The lowest BCUT2D eigenvalue weighted by atomic mass is 10.2. The van der Waals surface area contributed by atoms with Crippen molar-refractivity contribution in [1.29, 1.82) is 0 Å². The molecule has 1 rings (SSSR count). The lowest BCUT2D eigenvalue weighted by Gasteiger charge is -2.28. The molecular formula is C14H24ClN3O4. The summed E-state index contributed by atoms with van der Waals surface area (Å²) in [7, 11) is 0. The number of nitrogens with one attached hydrogen (secondary N) is 1. The fourth-order valence-electron chi connectivity index (χ4n) is 1.68. The normalized spacial score (nSPS) is 18.8. The van der Waals surface area contributed by atoms with Gasteiger partial charge in [0.05, 0.1) is 12.6 Å². The Balaban J connectivity index is 2.80. The van der Waals surface area contributed by atoms with Crippen molar-refractivity contribution in [1.82, 2.24) is 10.2 Å². The largest absolute Gasteiger partial charge is 0.444 e. The predicted molar refractivity (Wildman–Crippen MR) is 84.3 cm³/mol. The quantitative estimate of drug-likeness (QED) is 0.748. The first kappa shape index (κ1) is 18.5. The first-order valence-corrected chi connectivity index (χ1v) is 7.59. The summed E-state index contributed by atoms with van der Waals surface area (Å²) in [5.74, 6) is 0.275. The Labute approximate surface area is 136 Å². The summed E-state index contributed by atoms with van der Waals surface area (Å²) in [5, 5.41) is 2.47. The molecule has 1 unspecified atom stereocenters. The molecule has 8 heteroatoms. The Hall–Kier alpha value is -1.50. The highest BCUT2D eigenvalue weighted by molar-refractivity contribution is 6.19. The van der Waals surface area contributed by atoms with Crippen LogP contribution in [0.3, 0.4) is 0 Å². The Morgan fingerprint density at radius 2 is 1.77 bits per heavy atom. The highest BCUT2D eigenvalue weighted by Crippen LogP contribution is 2.17. The van der Waals surface area contributed by atoms with Crippen LogP contribution in [0, 0.1) is 0 Å². The monoisotopic (exact) mass is 333 g/mol.